The number of hydrogen-bond donors (Lipinski definition) is 1. The fraction of sp³-hybridized carbons (Fsp3) is 0.278. The van der Waals surface area contributed by atoms with Crippen LogP contribution in [0.3, 0.4) is 0 Å². The second-order valence-electron chi connectivity index (χ2n) is 5.29. The highest BCUT2D eigenvalue weighted by atomic mass is 16.3. The maximum atomic E-state index is 9.77. The second-order valence-corrected chi connectivity index (χ2v) is 5.29. The van der Waals surface area contributed by atoms with Crippen LogP contribution in [0.25, 0.3) is 0 Å². The van der Waals surface area contributed by atoms with E-state index in [1.54, 1.807) is 12.1 Å². The molecule has 0 fully saturated rings. The van der Waals surface area contributed by atoms with Crippen molar-refractivity contribution in [2.24, 2.45) is 4.99 Å². The highest BCUT2D eigenvalue weighted by molar-refractivity contribution is 5.87. The molecule has 0 spiro atoms. The highest BCUT2D eigenvalue weighted by Crippen LogP contribution is 2.27. The third kappa shape index (κ3) is 2.46. The molecule has 0 atom stereocenters. The van der Waals surface area contributed by atoms with Gasteiger partial charge in [0.2, 0.25) is 0 Å². The van der Waals surface area contributed by atoms with Crippen molar-refractivity contribution < 1.29 is 5.11 Å². The van der Waals surface area contributed by atoms with Gasteiger partial charge in [0.05, 0.1) is 0 Å². The lowest BCUT2D eigenvalue weighted by molar-refractivity contribution is 0.477. The molecule has 2 nitrogen and oxygen atoms in total. The molecule has 0 saturated carbocycles. The molecule has 0 heterocycles. The highest BCUT2D eigenvalue weighted by Gasteiger charge is 2.10. The Morgan fingerprint density at radius 3 is 1.85 bits per heavy atom. The van der Waals surface area contributed by atoms with Crippen molar-refractivity contribution in [2.75, 3.05) is 0 Å². The molecule has 0 aliphatic heterocycles. The quantitative estimate of drug-likeness (QED) is 0.787. The summed E-state index contributed by atoms with van der Waals surface area (Å²) in [4.78, 5) is 4.43. The molecular weight excluding hydrogens is 246 g/mol. The summed E-state index contributed by atoms with van der Waals surface area (Å²) in [7, 11) is 0. The Labute approximate surface area is 120 Å². The molecule has 0 unspecified atom stereocenters. The molecule has 0 aliphatic carbocycles. The first kappa shape index (κ1) is 14.3. The summed E-state index contributed by atoms with van der Waals surface area (Å²) in [5, 5.41) is 9.77. The molecule has 0 aliphatic rings. The molecule has 20 heavy (non-hydrogen) atoms. The fourth-order valence-corrected chi connectivity index (χ4v) is 2.43. The number of aliphatic imine (C=N–C) groups is 1. The van der Waals surface area contributed by atoms with Crippen molar-refractivity contribution in [2.45, 2.75) is 34.6 Å². The minimum Gasteiger partial charge on any atom is -0.506 e. The predicted molar refractivity (Wildman–Crippen MR) is 85.5 cm³/mol. The van der Waals surface area contributed by atoms with Crippen molar-refractivity contribution in [1.29, 1.82) is 0 Å². The zero-order valence-electron chi connectivity index (χ0n) is 12.8. The van der Waals surface area contributed by atoms with E-state index in [1.807, 2.05) is 18.3 Å². The lowest BCUT2D eigenvalue weighted by Crippen LogP contribution is -2.01. The Hall–Kier alpha value is -2.09. The van der Waals surface area contributed by atoms with E-state index in [0.29, 0.717) is 5.69 Å². The maximum Gasteiger partial charge on any atom is 0.141 e. The zero-order chi connectivity index (χ0) is 14.9. The van der Waals surface area contributed by atoms with Crippen LogP contribution in [0.2, 0.25) is 0 Å². The first-order valence-electron chi connectivity index (χ1n) is 6.82. The van der Waals surface area contributed by atoms with Crippen LogP contribution in [0.1, 0.15) is 33.4 Å². The van der Waals surface area contributed by atoms with Crippen LogP contribution in [0, 0.1) is 34.6 Å². The van der Waals surface area contributed by atoms with Crippen molar-refractivity contribution in [3.05, 3.63) is 57.6 Å². The van der Waals surface area contributed by atoms with E-state index in [1.165, 1.54) is 27.8 Å². The minimum atomic E-state index is 0.208. The molecule has 0 bridgehead atoms. The standard InChI is InChI=1S/C18H21NO/c1-11-12(2)14(4)16(15(5)13(11)3)10-19-17-8-6-7-9-18(17)20/h6-10,20H,1-5H3. The SMILES string of the molecule is Cc1c(C)c(C)c(C=Nc2ccccc2O)c(C)c1C. The Kier molecular flexibility index (Phi) is 3.93. The average molecular weight is 267 g/mol. The molecule has 0 amide bonds. The van der Waals surface area contributed by atoms with Crippen molar-refractivity contribution in [1.82, 2.24) is 0 Å². The number of phenolic OH excluding ortho intramolecular Hbond substituents is 1. The fourth-order valence-electron chi connectivity index (χ4n) is 2.43. The van der Waals surface area contributed by atoms with E-state index in [2.05, 4.69) is 39.6 Å². The summed E-state index contributed by atoms with van der Waals surface area (Å²) in [6.45, 7) is 10.7. The lowest BCUT2D eigenvalue weighted by atomic mass is 9.90. The third-order valence-electron chi connectivity index (χ3n) is 4.27. The Bertz CT molecular complexity index is 655. The normalized spacial score (nSPS) is 11.2. The van der Waals surface area contributed by atoms with Gasteiger partial charge < -0.3 is 5.11 Å². The van der Waals surface area contributed by atoms with E-state index in [4.69, 9.17) is 0 Å². The van der Waals surface area contributed by atoms with Gasteiger partial charge in [-0.05, 0) is 80.1 Å². The van der Waals surface area contributed by atoms with Gasteiger partial charge in [0.1, 0.15) is 11.4 Å². The van der Waals surface area contributed by atoms with Crippen LogP contribution in [0.15, 0.2) is 29.3 Å². The second kappa shape index (κ2) is 5.49. The van der Waals surface area contributed by atoms with Crippen LogP contribution < -0.4 is 0 Å². The van der Waals surface area contributed by atoms with Gasteiger partial charge in [0.15, 0.2) is 0 Å². The zero-order valence-corrected chi connectivity index (χ0v) is 12.8. The van der Waals surface area contributed by atoms with E-state index in [0.717, 1.165) is 5.56 Å². The van der Waals surface area contributed by atoms with Crippen LogP contribution in [-0.2, 0) is 0 Å². The minimum absolute atomic E-state index is 0.208. The smallest absolute Gasteiger partial charge is 0.141 e. The van der Waals surface area contributed by atoms with E-state index < -0.39 is 0 Å². The number of benzene rings is 2. The van der Waals surface area contributed by atoms with Crippen LogP contribution in [-0.4, -0.2) is 11.3 Å². The molecule has 104 valence electrons. The van der Waals surface area contributed by atoms with Gasteiger partial charge in [0.25, 0.3) is 0 Å². The topological polar surface area (TPSA) is 32.6 Å². The summed E-state index contributed by atoms with van der Waals surface area (Å²) < 4.78 is 0. The largest absolute Gasteiger partial charge is 0.506 e. The first-order chi connectivity index (χ1) is 9.43. The van der Waals surface area contributed by atoms with E-state index in [9.17, 15) is 5.11 Å². The van der Waals surface area contributed by atoms with Crippen molar-refractivity contribution >= 4 is 11.9 Å². The number of aromatic hydroxyl groups is 1. The predicted octanol–water partition coefficient (Wildman–Crippen LogP) is 4.68. The maximum absolute atomic E-state index is 9.77. The van der Waals surface area contributed by atoms with Crippen LogP contribution in [0.5, 0.6) is 5.75 Å². The average Bonchev–Trinajstić information content (AvgIpc) is 2.45. The molecular formula is C18H21NO. The van der Waals surface area contributed by atoms with Gasteiger partial charge in [-0.15, -0.1) is 0 Å². The number of para-hydroxylation sites is 2. The number of phenols is 1. The van der Waals surface area contributed by atoms with Crippen molar-refractivity contribution in [3.8, 4) is 5.75 Å². The Balaban J connectivity index is 2.53. The molecule has 2 aromatic carbocycles. The van der Waals surface area contributed by atoms with Gasteiger partial charge in [-0.2, -0.15) is 0 Å². The lowest BCUT2D eigenvalue weighted by Gasteiger charge is -2.16. The molecule has 2 aromatic rings. The molecule has 0 radical (unpaired) electrons. The van der Waals surface area contributed by atoms with Gasteiger partial charge in [-0.3, -0.25) is 4.99 Å². The summed E-state index contributed by atoms with van der Waals surface area (Å²) in [6, 6.07) is 7.13. The molecule has 2 rings (SSSR count). The van der Waals surface area contributed by atoms with Crippen LogP contribution >= 0.6 is 0 Å². The number of rotatable bonds is 2. The van der Waals surface area contributed by atoms with Gasteiger partial charge in [-0.1, -0.05) is 12.1 Å². The van der Waals surface area contributed by atoms with E-state index in [-0.39, 0.29) is 5.75 Å². The first-order valence-corrected chi connectivity index (χ1v) is 6.82. The number of nitrogens with zero attached hydrogens (tertiary/aromatic N) is 1. The van der Waals surface area contributed by atoms with Gasteiger partial charge in [-0.25, -0.2) is 0 Å². The van der Waals surface area contributed by atoms with Gasteiger partial charge in [0, 0.05) is 6.21 Å². The van der Waals surface area contributed by atoms with Crippen LogP contribution in [0.4, 0.5) is 5.69 Å². The molecule has 0 aromatic heterocycles. The Morgan fingerprint density at radius 2 is 1.30 bits per heavy atom. The van der Waals surface area contributed by atoms with Crippen molar-refractivity contribution in [3.63, 3.8) is 0 Å². The van der Waals surface area contributed by atoms with E-state index >= 15 is 0 Å². The van der Waals surface area contributed by atoms with Gasteiger partial charge >= 0.3 is 0 Å². The summed E-state index contributed by atoms with van der Waals surface area (Å²) >= 11 is 0. The summed E-state index contributed by atoms with van der Waals surface area (Å²) in [6.07, 6.45) is 1.86. The summed E-state index contributed by atoms with van der Waals surface area (Å²) in [5.74, 6) is 0.208. The molecule has 2 heteroatoms. The monoisotopic (exact) mass is 267 g/mol. The number of hydrogen-bond acceptors (Lipinski definition) is 2. The molecule has 0 saturated heterocycles. The Morgan fingerprint density at radius 1 is 0.800 bits per heavy atom. The third-order valence-corrected chi connectivity index (χ3v) is 4.27. The molecule has 1 N–H and O–H groups in total. The summed E-state index contributed by atoms with van der Waals surface area (Å²) in [5.41, 5.74) is 8.23.